The number of carbonyl (C=O) groups excluding carboxylic acids is 1. The molecule has 0 amide bonds. The van der Waals surface area contributed by atoms with Crippen LogP contribution in [-0.4, -0.2) is 25.7 Å². The topological polar surface area (TPSA) is 67.8 Å². The fourth-order valence-electron chi connectivity index (χ4n) is 1.42. The lowest BCUT2D eigenvalue weighted by Crippen LogP contribution is -2.10. The zero-order valence-electron chi connectivity index (χ0n) is 8.91. The molecule has 0 atom stereocenters. The molecule has 1 aromatic rings. The number of ether oxygens (including phenoxy) is 2. The molecule has 0 saturated carbocycles. The second kappa shape index (κ2) is 5.83. The van der Waals surface area contributed by atoms with Gasteiger partial charge in [-0.2, -0.15) is 0 Å². The third-order valence-electron chi connectivity index (χ3n) is 2.10. The Morgan fingerprint density at radius 2 is 2.06 bits per heavy atom. The summed E-state index contributed by atoms with van der Waals surface area (Å²) in [5.74, 6) is 0.770. The molecule has 0 aliphatic heterocycles. The predicted octanol–water partition coefficient (Wildman–Crippen LogP) is 1.76. The van der Waals surface area contributed by atoms with E-state index in [1.807, 2.05) is 5.48 Å². The Hall–Kier alpha value is -1.11. The summed E-state index contributed by atoms with van der Waals surface area (Å²) in [6.07, 6.45) is 0.683. The van der Waals surface area contributed by atoms with Crippen LogP contribution in [0.2, 0.25) is 0 Å². The predicted molar refractivity (Wildman–Crippen MR) is 61.3 cm³/mol. The van der Waals surface area contributed by atoms with Crippen LogP contribution < -0.4 is 15.0 Å². The molecule has 6 heteroatoms. The van der Waals surface area contributed by atoms with E-state index in [9.17, 15) is 4.79 Å². The van der Waals surface area contributed by atoms with Crippen LogP contribution in [0, 0.1) is 0 Å². The maximum Gasteiger partial charge on any atom is 0.171 e. The Balaban J connectivity index is 3.44. The number of hydrogen-bond acceptors (Lipinski definition) is 5. The van der Waals surface area contributed by atoms with Gasteiger partial charge in [0.25, 0.3) is 0 Å². The smallest absolute Gasteiger partial charge is 0.171 e. The molecule has 0 saturated heterocycles. The highest BCUT2D eigenvalue weighted by Crippen LogP contribution is 2.38. The third-order valence-corrected chi connectivity index (χ3v) is 2.81. The molecule has 1 aromatic carbocycles. The summed E-state index contributed by atoms with van der Waals surface area (Å²) in [6, 6.07) is 1.61. The van der Waals surface area contributed by atoms with Crippen LogP contribution in [0.5, 0.6) is 11.5 Å². The van der Waals surface area contributed by atoms with Crippen LogP contribution in [0.15, 0.2) is 10.5 Å². The Bertz CT molecular complexity index is 395. The number of benzene rings is 1. The molecule has 16 heavy (non-hydrogen) atoms. The van der Waals surface area contributed by atoms with Gasteiger partial charge in [-0.1, -0.05) is 15.9 Å². The van der Waals surface area contributed by atoms with E-state index in [0.717, 1.165) is 0 Å². The quantitative estimate of drug-likeness (QED) is 0.639. The van der Waals surface area contributed by atoms with E-state index in [4.69, 9.17) is 14.7 Å². The maximum absolute atomic E-state index is 10.9. The second-order valence-corrected chi connectivity index (χ2v) is 3.80. The maximum atomic E-state index is 10.9. The average molecular weight is 290 g/mol. The molecule has 0 unspecified atom stereocenters. The van der Waals surface area contributed by atoms with Gasteiger partial charge in [-0.3, -0.25) is 4.79 Å². The van der Waals surface area contributed by atoms with Gasteiger partial charge in [0.15, 0.2) is 17.8 Å². The van der Waals surface area contributed by atoms with E-state index in [0.29, 0.717) is 33.4 Å². The number of hydrogen-bond donors (Lipinski definition) is 2. The molecule has 2 N–H and O–H groups in total. The van der Waals surface area contributed by atoms with Gasteiger partial charge in [0.1, 0.15) is 0 Å². The van der Waals surface area contributed by atoms with Gasteiger partial charge < -0.3 is 14.7 Å². The Morgan fingerprint density at radius 3 is 2.50 bits per heavy atom. The molecule has 0 bridgehead atoms. The normalized spacial score (nSPS) is 10.0. The SMILES string of the molecule is COc1c(C=O)cc(Br)c(CNO)c1OC. The fourth-order valence-corrected chi connectivity index (χ4v) is 1.99. The van der Waals surface area contributed by atoms with E-state index >= 15 is 0 Å². The van der Waals surface area contributed by atoms with Crippen LogP contribution in [0.1, 0.15) is 15.9 Å². The molecule has 0 aromatic heterocycles. The Morgan fingerprint density at radius 1 is 1.44 bits per heavy atom. The zero-order chi connectivity index (χ0) is 12.1. The van der Waals surface area contributed by atoms with Crippen molar-refractivity contribution < 1.29 is 19.5 Å². The first-order valence-electron chi connectivity index (χ1n) is 4.45. The van der Waals surface area contributed by atoms with Gasteiger partial charge >= 0.3 is 0 Å². The summed E-state index contributed by atoms with van der Waals surface area (Å²) in [6.45, 7) is 0.180. The summed E-state index contributed by atoms with van der Waals surface area (Å²) in [7, 11) is 2.93. The van der Waals surface area contributed by atoms with Crippen molar-refractivity contribution in [2.75, 3.05) is 14.2 Å². The number of carbonyl (C=O) groups is 1. The number of hydroxylamine groups is 1. The van der Waals surface area contributed by atoms with Crippen LogP contribution in [-0.2, 0) is 6.54 Å². The summed E-state index contributed by atoms with van der Waals surface area (Å²) in [5, 5.41) is 8.72. The minimum Gasteiger partial charge on any atom is -0.492 e. The number of nitrogens with one attached hydrogen (secondary N) is 1. The van der Waals surface area contributed by atoms with Crippen molar-refractivity contribution in [3.8, 4) is 11.5 Å². The van der Waals surface area contributed by atoms with Crippen molar-refractivity contribution >= 4 is 22.2 Å². The van der Waals surface area contributed by atoms with E-state index in [2.05, 4.69) is 15.9 Å². The molecular formula is C10H12BrNO4. The van der Waals surface area contributed by atoms with Crippen molar-refractivity contribution in [1.29, 1.82) is 0 Å². The minimum atomic E-state index is 0.180. The summed E-state index contributed by atoms with van der Waals surface area (Å²) < 4.78 is 11.0. The number of aldehydes is 1. The van der Waals surface area contributed by atoms with Crippen LogP contribution in [0.4, 0.5) is 0 Å². The molecule has 5 nitrogen and oxygen atoms in total. The lowest BCUT2D eigenvalue weighted by molar-refractivity contribution is 0.112. The highest BCUT2D eigenvalue weighted by atomic mass is 79.9. The summed E-state index contributed by atoms with van der Waals surface area (Å²) in [5.41, 5.74) is 3.09. The number of methoxy groups -OCH3 is 2. The fraction of sp³-hybridized carbons (Fsp3) is 0.300. The third kappa shape index (κ3) is 2.34. The van der Waals surface area contributed by atoms with E-state index in [1.54, 1.807) is 6.07 Å². The van der Waals surface area contributed by atoms with Crippen molar-refractivity contribution in [3.05, 3.63) is 21.7 Å². The summed E-state index contributed by atoms with van der Waals surface area (Å²) in [4.78, 5) is 10.9. The molecule has 0 aliphatic carbocycles. The van der Waals surface area contributed by atoms with Gasteiger partial charge in [-0.05, 0) is 6.07 Å². The van der Waals surface area contributed by atoms with Crippen LogP contribution in [0.25, 0.3) is 0 Å². The first-order chi connectivity index (χ1) is 7.69. The molecular weight excluding hydrogens is 278 g/mol. The average Bonchev–Trinajstić information content (AvgIpc) is 2.30. The van der Waals surface area contributed by atoms with Crippen LogP contribution in [0.3, 0.4) is 0 Å². The van der Waals surface area contributed by atoms with Crippen molar-refractivity contribution in [2.24, 2.45) is 0 Å². The standard InChI is InChI=1S/C10H12BrNO4/c1-15-9-6(5-13)3-8(11)7(4-12-14)10(9)16-2/h3,5,12,14H,4H2,1-2H3. The van der Waals surface area contributed by atoms with Gasteiger partial charge in [0.2, 0.25) is 0 Å². The van der Waals surface area contributed by atoms with Crippen molar-refractivity contribution in [3.63, 3.8) is 0 Å². The number of halogens is 1. The zero-order valence-corrected chi connectivity index (χ0v) is 10.5. The Kier molecular flexibility index (Phi) is 4.72. The van der Waals surface area contributed by atoms with Crippen LogP contribution >= 0.6 is 15.9 Å². The lowest BCUT2D eigenvalue weighted by Gasteiger charge is -2.15. The lowest BCUT2D eigenvalue weighted by atomic mass is 10.1. The Labute approximate surface area is 101 Å². The highest BCUT2D eigenvalue weighted by molar-refractivity contribution is 9.10. The minimum absolute atomic E-state index is 0.180. The second-order valence-electron chi connectivity index (χ2n) is 2.95. The molecule has 0 heterocycles. The molecule has 0 spiro atoms. The van der Waals surface area contributed by atoms with E-state index < -0.39 is 0 Å². The monoisotopic (exact) mass is 289 g/mol. The highest BCUT2D eigenvalue weighted by Gasteiger charge is 2.17. The molecule has 0 fully saturated rings. The van der Waals surface area contributed by atoms with Gasteiger partial charge in [0, 0.05) is 10.0 Å². The largest absolute Gasteiger partial charge is 0.492 e. The first-order valence-corrected chi connectivity index (χ1v) is 5.24. The van der Waals surface area contributed by atoms with Gasteiger partial charge in [-0.15, -0.1) is 0 Å². The molecule has 0 radical (unpaired) electrons. The summed E-state index contributed by atoms with van der Waals surface area (Å²) >= 11 is 3.30. The number of rotatable bonds is 5. The molecule has 0 aliphatic rings. The van der Waals surface area contributed by atoms with E-state index in [1.165, 1.54) is 14.2 Å². The molecule has 88 valence electrons. The van der Waals surface area contributed by atoms with Crippen molar-refractivity contribution in [1.82, 2.24) is 5.48 Å². The van der Waals surface area contributed by atoms with Gasteiger partial charge in [0.05, 0.1) is 26.3 Å². The first kappa shape index (κ1) is 13.0. The molecule has 1 rings (SSSR count). The van der Waals surface area contributed by atoms with Crippen molar-refractivity contribution in [2.45, 2.75) is 6.54 Å². The van der Waals surface area contributed by atoms with Gasteiger partial charge in [-0.25, -0.2) is 5.48 Å². The van der Waals surface area contributed by atoms with E-state index in [-0.39, 0.29) is 6.54 Å².